The highest BCUT2D eigenvalue weighted by Gasteiger charge is 2.35. The summed E-state index contributed by atoms with van der Waals surface area (Å²) in [7, 11) is 0. The van der Waals surface area contributed by atoms with E-state index >= 15 is 0 Å². The van der Waals surface area contributed by atoms with Crippen LogP contribution < -0.4 is 0 Å². The van der Waals surface area contributed by atoms with E-state index in [0.717, 1.165) is 19.3 Å². The third kappa shape index (κ3) is 10.6. The summed E-state index contributed by atoms with van der Waals surface area (Å²) in [6.07, 6.45) is 15.4. The monoisotopic (exact) mass is 394 g/mol. The summed E-state index contributed by atoms with van der Waals surface area (Å²) in [6.45, 7) is 2.10. The Bertz CT molecular complexity index is 551. The molecule has 4 N–H and O–H groups in total. The summed E-state index contributed by atoms with van der Waals surface area (Å²) < 4.78 is 5.67. The molecule has 1 rings (SSSR count). The maximum absolute atomic E-state index is 10.5. The largest absolute Gasteiger partial charge is 0.481 e. The average Bonchev–Trinajstić information content (AvgIpc) is 3.04. The molecule has 0 aliphatic carbocycles. The van der Waals surface area contributed by atoms with E-state index in [9.17, 15) is 20.1 Å². The highest BCUT2D eigenvalue weighted by Crippen LogP contribution is 2.25. The van der Waals surface area contributed by atoms with Crippen molar-refractivity contribution in [2.24, 2.45) is 0 Å². The Labute approximate surface area is 167 Å². The number of ether oxygens (including phenoxy) is 1. The van der Waals surface area contributed by atoms with E-state index in [-0.39, 0.29) is 12.8 Å². The molecule has 158 valence electrons. The molecule has 1 aliphatic rings. The summed E-state index contributed by atoms with van der Waals surface area (Å²) in [5.74, 6) is -0.968. The fourth-order valence-corrected chi connectivity index (χ4v) is 2.84. The number of hydrogen-bond acceptors (Lipinski definition) is 5. The van der Waals surface area contributed by atoms with Gasteiger partial charge in [0.2, 0.25) is 0 Å². The third-order valence-corrected chi connectivity index (χ3v) is 4.45. The first-order valence-corrected chi connectivity index (χ1v) is 9.98. The topological polar surface area (TPSA) is 107 Å². The Kier molecular flexibility index (Phi) is 12.4. The van der Waals surface area contributed by atoms with Crippen LogP contribution in [-0.2, 0) is 9.53 Å². The molecule has 0 aromatic heterocycles. The highest BCUT2D eigenvalue weighted by molar-refractivity contribution is 5.66. The van der Waals surface area contributed by atoms with Gasteiger partial charge in [-0.15, -0.1) is 0 Å². The van der Waals surface area contributed by atoms with Gasteiger partial charge in [-0.25, -0.2) is 0 Å². The number of carboxylic acids is 1. The van der Waals surface area contributed by atoms with Crippen molar-refractivity contribution >= 4 is 5.97 Å². The van der Waals surface area contributed by atoms with Gasteiger partial charge in [-0.1, -0.05) is 55.5 Å². The molecule has 1 saturated heterocycles. The van der Waals surface area contributed by atoms with Crippen molar-refractivity contribution in [3.8, 4) is 0 Å². The molecule has 0 bridgehead atoms. The lowest BCUT2D eigenvalue weighted by molar-refractivity contribution is -0.137. The number of allylic oxidation sites excluding steroid dienone is 5. The van der Waals surface area contributed by atoms with E-state index in [1.807, 2.05) is 12.2 Å². The van der Waals surface area contributed by atoms with Crippen LogP contribution in [0.25, 0.3) is 0 Å². The lowest BCUT2D eigenvalue weighted by Gasteiger charge is -2.16. The third-order valence-electron chi connectivity index (χ3n) is 4.45. The molecule has 1 heterocycles. The zero-order chi connectivity index (χ0) is 20.8. The van der Waals surface area contributed by atoms with E-state index in [1.165, 1.54) is 12.2 Å². The minimum Gasteiger partial charge on any atom is -0.481 e. The molecule has 0 amide bonds. The van der Waals surface area contributed by atoms with Crippen molar-refractivity contribution in [1.82, 2.24) is 0 Å². The predicted octanol–water partition coefficient (Wildman–Crippen LogP) is 2.90. The lowest BCUT2D eigenvalue weighted by Crippen LogP contribution is -2.25. The molecule has 0 aromatic rings. The van der Waals surface area contributed by atoms with Crippen LogP contribution in [0.15, 0.2) is 48.6 Å². The molecule has 28 heavy (non-hydrogen) atoms. The van der Waals surface area contributed by atoms with Crippen LogP contribution >= 0.6 is 0 Å². The Hall–Kier alpha value is -1.73. The van der Waals surface area contributed by atoms with Crippen molar-refractivity contribution in [2.45, 2.75) is 82.4 Å². The maximum atomic E-state index is 10.5. The minimum atomic E-state index is -0.968. The zero-order valence-corrected chi connectivity index (χ0v) is 16.6. The van der Waals surface area contributed by atoms with Crippen molar-refractivity contribution in [1.29, 1.82) is 0 Å². The molecule has 0 spiro atoms. The van der Waals surface area contributed by atoms with Gasteiger partial charge in [-0.3, -0.25) is 4.79 Å². The average molecular weight is 395 g/mol. The zero-order valence-electron chi connectivity index (χ0n) is 16.6. The maximum Gasteiger partial charge on any atom is 0.303 e. The van der Waals surface area contributed by atoms with Crippen molar-refractivity contribution < 1.29 is 30.0 Å². The van der Waals surface area contributed by atoms with Crippen LogP contribution in [0.3, 0.4) is 0 Å². The second-order valence-corrected chi connectivity index (χ2v) is 6.92. The first kappa shape index (κ1) is 24.3. The van der Waals surface area contributed by atoms with Crippen molar-refractivity contribution in [3.63, 3.8) is 0 Å². The lowest BCUT2D eigenvalue weighted by atomic mass is 10.0. The Morgan fingerprint density at radius 3 is 2.39 bits per heavy atom. The smallest absolute Gasteiger partial charge is 0.303 e. The van der Waals surface area contributed by atoms with E-state index in [1.54, 1.807) is 0 Å². The van der Waals surface area contributed by atoms with Crippen LogP contribution in [-0.4, -0.2) is 56.9 Å². The number of aliphatic carboxylic acids is 1. The molecule has 6 nitrogen and oxygen atoms in total. The summed E-state index contributed by atoms with van der Waals surface area (Å²) in [4.78, 5) is 10.5. The van der Waals surface area contributed by atoms with Crippen LogP contribution in [0.1, 0.15) is 51.9 Å². The standard InChI is InChI=1S/C22H34O6/c1-2-3-4-5-6-7-8-9-10-11-18(24)21-16-19(25)20(28-21)14-12-17(23)13-15-22(26)27/h3-4,6-7,9-10,12,14,17-21,23-25H,2,5,8,11,13,15-16H2,1H3,(H,26,27)/b4-3-,7-6-,10-9-,14-12+/t17-,18+,19+,20+,21-/m0/s1. The first-order valence-electron chi connectivity index (χ1n) is 9.98. The van der Waals surface area contributed by atoms with Gasteiger partial charge in [0.05, 0.1) is 24.4 Å². The van der Waals surface area contributed by atoms with Gasteiger partial charge in [0.15, 0.2) is 0 Å². The Morgan fingerprint density at radius 1 is 1.11 bits per heavy atom. The van der Waals surface area contributed by atoms with Crippen LogP contribution in [0, 0.1) is 0 Å². The molecular formula is C22H34O6. The normalized spacial score (nSPS) is 25.5. The van der Waals surface area contributed by atoms with Gasteiger partial charge in [0, 0.05) is 12.8 Å². The van der Waals surface area contributed by atoms with Gasteiger partial charge < -0.3 is 25.2 Å². The van der Waals surface area contributed by atoms with Gasteiger partial charge >= 0.3 is 5.97 Å². The summed E-state index contributed by atoms with van der Waals surface area (Å²) in [6, 6.07) is 0. The number of aliphatic hydroxyl groups excluding tert-OH is 3. The minimum absolute atomic E-state index is 0.106. The van der Waals surface area contributed by atoms with Gasteiger partial charge in [-0.05, 0) is 32.1 Å². The Morgan fingerprint density at radius 2 is 1.75 bits per heavy atom. The second-order valence-electron chi connectivity index (χ2n) is 6.92. The molecule has 1 fully saturated rings. The number of rotatable bonds is 13. The fraction of sp³-hybridized carbons (Fsp3) is 0.591. The molecule has 5 atom stereocenters. The van der Waals surface area contributed by atoms with Gasteiger partial charge in [0.25, 0.3) is 0 Å². The number of hydrogen-bond donors (Lipinski definition) is 4. The van der Waals surface area contributed by atoms with Crippen LogP contribution in [0.4, 0.5) is 0 Å². The predicted molar refractivity (Wildman–Crippen MR) is 109 cm³/mol. The SMILES string of the molecule is CC/C=C\C/C=C\C/C=C\C[C@@H](O)[C@@H]1C[C@@H](O)[C@@H](/C=C/[C@H](O)CCC(=O)O)O1. The molecule has 0 radical (unpaired) electrons. The van der Waals surface area contributed by atoms with Crippen LogP contribution in [0.2, 0.25) is 0 Å². The number of aliphatic hydroxyl groups is 3. The number of carbonyl (C=O) groups is 1. The van der Waals surface area contributed by atoms with Crippen LogP contribution in [0.5, 0.6) is 0 Å². The first-order chi connectivity index (χ1) is 13.4. The van der Waals surface area contributed by atoms with Crippen molar-refractivity contribution in [3.05, 3.63) is 48.6 Å². The molecule has 1 aliphatic heterocycles. The van der Waals surface area contributed by atoms with E-state index in [0.29, 0.717) is 12.8 Å². The van der Waals surface area contributed by atoms with Gasteiger partial charge in [0.1, 0.15) is 6.10 Å². The van der Waals surface area contributed by atoms with E-state index in [2.05, 4.69) is 31.2 Å². The van der Waals surface area contributed by atoms with Crippen molar-refractivity contribution in [2.75, 3.05) is 0 Å². The van der Waals surface area contributed by atoms with E-state index < -0.39 is 36.5 Å². The molecule has 0 aromatic carbocycles. The molecule has 0 saturated carbocycles. The molecular weight excluding hydrogens is 360 g/mol. The summed E-state index contributed by atoms with van der Waals surface area (Å²) >= 11 is 0. The fourth-order valence-electron chi connectivity index (χ4n) is 2.84. The summed E-state index contributed by atoms with van der Waals surface area (Å²) in [5, 5.41) is 38.6. The quantitative estimate of drug-likeness (QED) is 0.358. The highest BCUT2D eigenvalue weighted by atomic mass is 16.5. The van der Waals surface area contributed by atoms with E-state index in [4.69, 9.17) is 9.84 Å². The molecule has 6 heteroatoms. The summed E-state index contributed by atoms with van der Waals surface area (Å²) in [5.41, 5.74) is 0. The second kappa shape index (κ2) is 14.3. The molecule has 0 unspecified atom stereocenters. The van der Waals surface area contributed by atoms with Gasteiger partial charge in [-0.2, -0.15) is 0 Å². The Balaban J connectivity index is 2.31. The number of carboxylic acid groups (broad SMARTS) is 1.